The highest BCUT2D eigenvalue weighted by molar-refractivity contribution is 9.10. The second-order valence-corrected chi connectivity index (χ2v) is 7.56. The van der Waals surface area contributed by atoms with E-state index in [-0.39, 0.29) is 0 Å². The van der Waals surface area contributed by atoms with Crippen molar-refractivity contribution >= 4 is 28.0 Å². The molecule has 6 heteroatoms. The topological polar surface area (TPSA) is 75.6 Å². The molecule has 0 bridgehead atoms. The zero-order valence-electron chi connectivity index (χ0n) is 13.4. The zero-order chi connectivity index (χ0) is 17.1. The zero-order valence-corrected chi connectivity index (χ0v) is 15.0. The van der Waals surface area contributed by atoms with Crippen LogP contribution in [0.2, 0.25) is 0 Å². The monoisotopic (exact) mass is 371 g/mol. The summed E-state index contributed by atoms with van der Waals surface area (Å²) in [5.74, 6) is -1.11. The Hall–Kier alpha value is -1.56. The Labute approximate surface area is 139 Å². The van der Waals surface area contributed by atoms with Crippen molar-refractivity contribution in [1.82, 2.24) is 5.32 Å². The summed E-state index contributed by atoms with van der Waals surface area (Å²) < 4.78 is 6.05. The first-order chi connectivity index (χ1) is 9.93. The van der Waals surface area contributed by atoms with Crippen LogP contribution in [0.5, 0.6) is 0 Å². The van der Waals surface area contributed by atoms with Gasteiger partial charge >= 0.3 is 12.1 Å². The number of carbonyl (C=O) groups excluding carboxylic acids is 1. The molecule has 0 aromatic heterocycles. The van der Waals surface area contributed by atoms with E-state index in [0.717, 1.165) is 10.0 Å². The van der Waals surface area contributed by atoms with Crippen LogP contribution >= 0.6 is 15.9 Å². The van der Waals surface area contributed by atoms with Gasteiger partial charge in [0, 0.05) is 9.89 Å². The van der Waals surface area contributed by atoms with Crippen LogP contribution in [0, 0.1) is 0 Å². The fraction of sp³-hybridized carbons (Fsp3) is 0.500. The Bertz CT molecular complexity index is 546. The van der Waals surface area contributed by atoms with Gasteiger partial charge in [0.05, 0.1) is 0 Å². The molecule has 2 N–H and O–H groups in total. The maximum atomic E-state index is 11.9. The molecule has 0 aliphatic heterocycles. The van der Waals surface area contributed by atoms with Crippen LogP contribution in [0.4, 0.5) is 4.79 Å². The van der Waals surface area contributed by atoms with Gasteiger partial charge in [-0.2, -0.15) is 0 Å². The molecule has 122 valence electrons. The lowest BCUT2D eigenvalue weighted by atomic mass is 9.77. The highest BCUT2D eigenvalue weighted by atomic mass is 79.9. The van der Waals surface area contributed by atoms with Crippen molar-refractivity contribution in [1.29, 1.82) is 0 Å². The van der Waals surface area contributed by atoms with Gasteiger partial charge in [0.2, 0.25) is 0 Å². The average Bonchev–Trinajstić information content (AvgIpc) is 2.33. The molecule has 22 heavy (non-hydrogen) atoms. The van der Waals surface area contributed by atoms with Gasteiger partial charge in [-0.1, -0.05) is 41.9 Å². The first-order valence-electron chi connectivity index (χ1n) is 6.92. The van der Waals surface area contributed by atoms with Gasteiger partial charge in [0.1, 0.15) is 11.6 Å². The fourth-order valence-corrected chi connectivity index (χ4v) is 2.29. The molecule has 1 atom stereocenters. The van der Waals surface area contributed by atoms with Crippen molar-refractivity contribution in [3.8, 4) is 0 Å². The molecule has 0 saturated carbocycles. The third-order valence-corrected chi connectivity index (χ3v) is 3.75. The Kier molecular flexibility index (Phi) is 5.62. The number of halogens is 1. The van der Waals surface area contributed by atoms with Gasteiger partial charge in [0.25, 0.3) is 0 Å². The number of hydrogen-bond donors (Lipinski definition) is 2. The Balaban J connectivity index is 3.01. The van der Waals surface area contributed by atoms with Crippen LogP contribution in [-0.4, -0.2) is 28.8 Å². The number of amides is 1. The Morgan fingerprint density at radius 2 is 1.64 bits per heavy atom. The summed E-state index contributed by atoms with van der Waals surface area (Å²) in [6, 6.07) is 6.23. The van der Waals surface area contributed by atoms with Gasteiger partial charge in [-0.05, 0) is 38.5 Å². The van der Waals surface area contributed by atoms with Gasteiger partial charge in [-0.25, -0.2) is 9.59 Å². The molecule has 0 fully saturated rings. The normalized spacial score (nSPS) is 13.4. The van der Waals surface area contributed by atoms with E-state index in [4.69, 9.17) is 4.74 Å². The van der Waals surface area contributed by atoms with Crippen LogP contribution in [0.15, 0.2) is 28.7 Å². The summed E-state index contributed by atoms with van der Waals surface area (Å²) in [4.78, 5) is 23.5. The summed E-state index contributed by atoms with van der Waals surface area (Å²) in [7, 11) is 0. The Morgan fingerprint density at radius 3 is 2.05 bits per heavy atom. The number of benzene rings is 1. The summed E-state index contributed by atoms with van der Waals surface area (Å²) in [5, 5.41) is 11.9. The first kappa shape index (κ1) is 18.5. The van der Waals surface area contributed by atoms with Gasteiger partial charge in [0.15, 0.2) is 0 Å². The van der Waals surface area contributed by atoms with Gasteiger partial charge < -0.3 is 15.2 Å². The fourth-order valence-electron chi connectivity index (χ4n) is 2.02. The summed E-state index contributed by atoms with van der Waals surface area (Å²) in [5.41, 5.74) is -0.683. The van der Waals surface area contributed by atoms with Crippen LogP contribution in [0.25, 0.3) is 0 Å². The number of rotatable bonds is 4. The van der Waals surface area contributed by atoms with Crippen molar-refractivity contribution in [3.63, 3.8) is 0 Å². The molecule has 0 spiro atoms. The SMILES string of the molecule is CC(C)(C)OC(=O)N[C@@H](C(=O)O)C(C)(C)c1ccc(Br)cc1. The molecule has 1 aromatic carbocycles. The summed E-state index contributed by atoms with van der Waals surface area (Å²) in [6.45, 7) is 8.71. The maximum absolute atomic E-state index is 11.9. The first-order valence-corrected chi connectivity index (χ1v) is 7.71. The van der Waals surface area contributed by atoms with Crippen molar-refractivity contribution in [2.24, 2.45) is 0 Å². The highest BCUT2D eigenvalue weighted by Crippen LogP contribution is 2.29. The summed E-state index contributed by atoms with van der Waals surface area (Å²) >= 11 is 3.35. The van der Waals surface area contributed by atoms with E-state index >= 15 is 0 Å². The Morgan fingerprint density at radius 1 is 1.14 bits per heavy atom. The lowest BCUT2D eigenvalue weighted by molar-refractivity contribution is -0.141. The third-order valence-electron chi connectivity index (χ3n) is 3.22. The van der Waals surface area contributed by atoms with Crippen LogP contribution < -0.4 is 5.32 Å². The number of hydrogen-bond acceptors (Lipinski definition) is 3. The predicted molar refractivity (Wildman–Crippen MR) is 88.0 cm³/mol. The molecular formula is C16H22BrNO4. The number of carboxylic acid groups (broad SMARTS) is 1. The van der Waals surface area contributed by atoms with E-state index < -0.39 is 29.1 Å². The highest BCUT2D eigenvalue weighted by Gasteiger charge is 2.38. The molecule has 0 unspecified atom stereocenters. The number of nitrogens with one attached hydrogen (secondary N) is 1. The van der Waals surface area contributed by atoms with E-state index in [1.165, 1.54) is 0 Å². The number of ether oxygens (including phenoxy) is 1. The molecule has 1 rings (SSSR count). The van der Waals surface area contributed by atoms with Crippen molar-refractivity contribution in [2.45, 2.75) is 51.7 Å². The number of aliphatic carboxylic acids is 1. The third kappa shape index (κ3) is 5.02. The standard InChI is InChI=1S/C16H22BrNO4/c1-15(2,3)22-14(21)18-12(13(19)20)16(4,5)10-6-8-11(17)9-7-10/h6-9,12H,1-5H3,(H,18,21)(H,19,20)/t12-/m0/s1. The van der Waals surface area contributed by atoms with E-state index in [0.29, 0.717) is 0 Å². The number of carbonyl (C=O) groups is 2. The second kappa shape index (κ2) is 6.69. The predicted octanol–water partition coefficient (Wildman–Crippen LogP) is 3.70. The number of alkyl carbamates (subject to hydrolysis) is 1. The minimum Gasteiger partial charge on any atom is -0.480 e. The average molecular weight is 372 g/mol. The summed E-state index contributed by atoms with van der Waals surface area (Å²) in [6.07, 6.45) is -0.745. The van der Waals surface area contributed by atoms with Gasteiger partial charge in [-0.3, -0.25) is 0 Å². The quantitative estimate of drug-likeness (QED) is 0.845. The molecule has 0 radical (unpaired) electrons. The van der Waals surface area contributed by atoms with Crippen LogP contribution in [0.1, 0.15) is 40.2 Å². The van der Waals surface area contributed by atoms with E-state index in [9.17, 15) is 14.7 Å². The smallest absolute Gasteiger partial charge is 0.408 e. The van der Waals surface area contributed by atoms with Crippen LogP contribution in [-0.2, 0) is 14.9 Å². The minimum absolute atomic E-state index is 0.686. The minimum atomic E-state index is -1.11. The van der Waals surface area contributed by atoms with E-state index in [1.54, 1.807) is 34.6 Å². The van der Waals surface area contributed by atoms with Crippen molar-refractivity contribution in [3.05, 3.63) is 34.3 Å². The lowest BCUT2D eigenvalue weighted by Crippen LogP contribution is -2.53. The van der Waals surface area contributed by atoms with Crippen molar-refractivity contribution < 1.29 is 19.4 Å². The van der Waals surface area contributed by atoms with Crippen molar-refractivity contribution in [2.75, 3.05) is 0 Å². The molecule has 0 heterocycles. The van der Waals surface area contributed by atoms with Gasteiger partial charge in [-0.15, -0.1) is 0 Å². The van der Waals surface area contributed by atoms with E-state index in [2.05, 4.69) is 21.2 Å². The molecule has 0 aliphatic rings. The molecule has 1 aromatic rings. The molecular weight excluding hydrogens is 350 g/mol. The molecule has 0 saturated heterocycles. The van der Waals surface area contributed by atoms with Crippen LogP contribution in [0.3, 0.4) is 0 Å². The molecule has 5 nitrogen and oxygen atoms in total. The second-order valence-electron chi connectivity index (χ2n) is 6.65. The molecule has 0 aliphatic carbocycles. The lowest BCUT2D eigenvalue weighted by Gasteiger charge is -2.33. The molecule has 1 amide bonds. The number of carboxylic acids is 1. The van der Waals surface area contributed by atoms with E-state index in [1.807, 2.05) is 24.3 Å². The maximum Gasteiger partial charge on any atom is 0.408 e. The largest absolute Gasteiger partial charge is 0.480 e.